The summed E-state index contributed by atoms with van der Waals surface area (Å²) in [6.45, 7) is 0. The maximum absolute atomic E-state index is 11.9. The van der Waals surface area contributed by atoms with Crippen molar-refractivity contribution in [3.8, 4) is 0 Å². The number of Topliss-reactive ketones (excluding diaryl/α,β-unsaturated/α-hetero) is 1. The number of carbonyl (C=O) groups is 2. The lowest BCUT2D eigenvalue weighted by atomic mass is 10.0. The number of rotatable bonds is 6. The zero-order valence-electron chi connectivity index (χ0n) is 11.1. The lowest BCUT2D eigenvalue weighted by Crippen LogP contribution is -2.10. The highest BCUT2D eigenvalue weighted by Gasteiger charge is 2.08. The van der Waals surface area contributed by atoms with Gasteiger partial charge in [-0.3, -0.25) is 9.59 Å². The number of ketones is 1. The summed E-state index contributed by atoms with van der Waals surface area (Å²) in [5.41, 5.74) is 1.68. The maximum atomic E-state index is 11.9. The molecule has 1 aromatic carbocycles. The summed E-state index contributed by atoms with van der Waals surface area (Å²) < 4.78 is 4.53. The Hall–Kier alpha value is -1.84. The third-order valence-electron chi connectivity index (χ3n) is 2.70. The van der Waals surface area contributed by atoms with E-state index in [0.29, 0.717) is 18.4 Å². The molecule has 0 N–H and O–H groups in total. The fourth-order valence-electron chi connectivity index (χ4n) is 1.60. The molecule has 4 nitrogen and oxygen atoms in total. The molecule has 4 heteroatoms. The molecular weight excluding hydrogens is 230 g/mol. The number of nitrogens with zero attached hydrogens (tertiary/aromatic N) is 1. The molecule has 1 aromatic rings. The van der Waals surface area contributed by atoms with Crippen molar-refractivity contribution in [1.82, 2.24) is 0 Å². The third-order valence-corrected chi connectivity index (χ3v) is 2.70. The van der Waals surface area contributed by atoms with E-state index < -0.39 is 0 Å². The van der Waals surface area contributed by atoms with E-state index in [9.17, 15) is 9.59 Å². The van der Waals surface area contributed by atoms with Gasteiger partial charge in [-0.05, 0) is 18.6 Å². The van der Waals surface area contributed by atoms with E-state index in [0.717, 1.165) is 5.69 Å². The molecule has 1 rings (SSSR count). The zero-order chi connectivity index (χ0) is 13.5. The summed E-state index contributed by atoms with van der Waals surface area (Å²) in [7, 11) is 5.21. The zero-order valence-corrected chi connectivity index (χ0v) is 11.1. The monoisotopic (exact) mass is 249 g/mol. The summed E-state index contributed by atoms with van der Waals surface area (Å²) in [5.74, 6) is -0.215. The van der Waals surface area contributed by atoms with Crippen LogP contribution in [-0.2, 0) is 9.53 Å². The van der Waals surface area contributed by atoms with Gasteiger partial charge >= 0.3 is 5.97 Å². The number of carbonyl (C=O) groups excluding carboxylic acids is 2. The highest BCUT2D eigenvalue weighted by molar-refractivity contribution is 5.97. The lowest BCUT2D eigenvalue weighted by Gasteiger charge is -2.13. The van der Waals surface area contributed by atoms with Gasteiger partial charge in [-0.1, -0.05) is 12.1 Å². The Kier molecular flexibility index (Phi) is 5.36. The van der Waals surface area contributed by atoms with Gasteiger partial charge in [0.15, 0.2) is 5.78 Å². The Balaban J connectivity index is 2.56. The molecule has 0 radical (unpaired) electrons. The van der Waals surface area contributed by atoms with Crippen LogP contribution >= 0.6 is 0 Å². The van der Waals surface area contributed by atoms with Crippen molar-refractivity contribution in [2.24, 2.45) is 0 Å². The average molecular weight is 249 g/mol. The minimum Gasteiger partial charge on any atom is -0.469 e. The molecule has 0 aliphatic carbocycles. The molecule has 0 amide bonds. The number of esters is 1. The summed E-state index contributed by atoms with van der Waals surface area (Å²) in [6.07, 6.45) is 1.18. The lowest BCUT2D eigenvalue weighted by molar-refractivity contribution is -0.140. The van der Waals surface area contributed by atoms with Gasteiger partial charge in [0.2, 0.25) is 0 Å². The summed E-state index contributed by atoms with van der Waals surface area (Å²) in [6, 6.07) is 7.47. The van der Waals surface area contributed by atoms with Crippen LogP contribution in [0.1, 0.15) is 29.6 Å². The van der Waals surface area contributed by atoms with Crippen molar-refractivity contribution in [1.29, 1.82) is 0 Å². The molecule has 0 unspecified atom stereocenters. The topological polar surface area (TPSA) is 46.6 Å². The molecule has 0 saturated heterocycles. The van der Waals surface area contributed by atoms with Gasteiger partial charge in [0.05, 0.1) is 7.11 Å². The molecule has 0 atom stereocenters. The van der Waals surface area contributed by atoms with Crippen molar-refractivity contribution in [3.05, 3.63) is 29.8 Å². The van der Waals surface area contributed by atoms with Crippen LogP contribution in [-0.4, -0.2) is 33.0 Å². The third kappa shape index (κ3) is 4.20. The van der Waals surface area contributed by atoms with Gasteiger partial charge in [-0.2, -0.15) is 0 Å². The number of methoxy groups -OCH3 is 1. The van der Waals surface area contributed by atoms with Crippen LogP contribution in [0.5, 0.6) is 0 Å². The second-order valence-electron chi connectivity index (χ2n) is 4.30. The van der Waals surface area contributed by atoms with E-state index in [1.54, 1.807) is 6.07 Å². The normalized spacial score (nSPS) is 9.94. The number of hydrogen-bond acceptors (Lipinski definition) is 4. The van der Waals surface area contributed by atoms with E-state index in [4.69, 9.17) is 0 Å². The van der Waals surface area contributed by atoms with E-state index in [1.165, 1.54) is 7.11 Å². The first-order valence-corrected chi connectivity index (χ1v) is 5.92. The Morgan fingerprint density at radius 2 is 1.94 bits per heavy atom. The molecular formula is C14H19NO3. The molecule has 0 aliphatic rings. The van der Waals surface area contributed by atoms with Gasteiger partial charge in [-0.15, -0.1) is 0 Å². The summed E-state index contributed by atoms with van der Waals surface area (Å²) in [4.78, 5) is 24.8. The molecule has 18 heavy (non-hydrogen) atoms. The summed E-state index contributed by atoms with van der Waals surface area (Å²) in [5, 5.41) is 0. The Bertz CT molecular complexity index is 427. The Morgan fingerprint density at radius 3 is 2.56 bits per heavy atom. The number of benzene rings is 1. The average Bonchev–Trinajstić information content (AvgIpc) is 2.38. The number of anilines is 1. The fraction of sp³-hybridized carbons (Fsp3) is 0.429. The fourth-order valence-corrected chi connectivity index (χ4v) is 1.60. The van der Waals surface area contributed by atoms with Gasteiger partial charge in [-0.25, -0.2) is 0 Å². The highest BCUT2D eigenvalue weighted by atomic mass is 16.5. The van der Waals surface area contributed by atoms with Crippen LogP contribution in [0.4, 0.5) is 5.69 Å². The standard InChI is InChI=1S/C14H19NO3/c1-15(2)12-7-4-6-11(10-12)13(16)8-5-9-14(17)18-3/h4,6-7,10H,5,8-9H2,1-3H3. The van der Waals surface area contributed by atoms with Gasteiger partial charge < -0.3 is 9.64 Å². The molecule has 0 bridgehead atoms. The number of ether oxygens (including phenoxy) is 1. The second kappa shape index (κ2) is 6.79. The smallest absolute Gasteiger partial charge is 0.305 e. The van der Waals surface area contributed by atoms with Crippen molar-refractivity contribution in [2.75, 3.05) is 26.1 Å². The van der Waals surface area contributed by atoms with Crippen LogP contribution in [0.2, 0.25) is 0 Å². The van der Waals surface area contributed by atoms with Crippen LogP contribution in [0.3, 0.4) is 0 Å². The molecule has 98 valence electrons. The minimum atomic E-state index is -0.273. The highest BCUT2D eigenvalue weighted by Crippen LogP contribution is 2.15. The SMILES string of the molecule is COC(=O)CCCC(=O)c1cccc(N(C)C)c1. The minimum absolute atomic E-state index is 0.0580. The molecule has 0 heterocycles. The number of hydrogen-bond donors (Lipinski definition) is 0. The Morgan fingerprint density at radius 1 is 1.22 bits per heavy atom. The van der Waals surface area contributed by atoms with Crippen molar-refractivity contribution in [2.45, 2.75) is 19.3 Å². The Labute approximate surface area is 108 Å². The van der Waals surface area contributed by atoms with Crippen molar-refractivity contribution < 1.29 is 14.3 Å². The largest absolute Gasteiger partial charge is 0.469 e. The first-order chi connectivity index (χ1) is 8.54. The second-order valence-corrected chi connectivity index (χ2v) is 4.30. The molecule has 0 fully saturated rings. The van der Waals surface area contributed by atoms with Gasteiger partial charge in [0, 0.05) is 38.2 Å². The van der Waals surface area contributed by atoms with Crippen LogP contribution in [0, 0.1) is 0 Å². The maximum Gasteiger partial charge on any atom is 0.305 e. The quantitative estimate of drug-likeness (QED) is 0.573. The van der Waals surface area contributed by atoms with Crippen LogP contribution in [0.25, 0.3) is 0 Å². The van der Waals surface area contributed by atoms with Crippen molar-refractivity contribution >= 4 is 17.4 Å². The molecule has 0 spiro atoms. The molecule has 0 aliphatic heterocycles. The van der Waals surface area contributed by atoms with Gasteiger partial charge in [0.25, 0.3) is 0 Å². The van der Waals surface area contributed by atoms with E-state index in [1.807, 2.05) is 37.2 Å². The van der Waals surface area contributed by atoms with E-state index >= 15 is 0 Å². The summed E-state index contributed by atoms with van der Waals surface area (Å²) >= 11 is 0. The van der Waals surface area contributed by atoms with E-state index in [-0.39, 0.29) is 18.2 Å². The molecule has 0 aromatic heterocycles. The van der Waals surface area contributed by atoms with Gasteiger partial charge in [0.1, 0.15) is 0 Å². The molecule has 0 saturated carbocycles. The van der Waals surface area contributed by atoms with Crippen molar-refractivity contribution in [3.63, 3.8) is 0 Å². The predicted molar refractivity (Wildman–Crippen MR) is 71.0 cm³/mol. The van der Waals surface area contributed by atoms with Crippen LogP contribution < -0.4 is 4.90 Å². The predicted octanol–water partition coefficient (Wildman–Crippen LogP) is 2.28. The van der Waals surface area contributed by atoms with E-state index in [2.05, 4.69) is 4.74 Å². The first kappa shape index (κ1) is 14.2. The van der Waals surface area contributed by atoms with Crippen LogP contribution in [0.15, 0.2) is 24.3 Å². The first-order valence-electron chi connectivity index (χ1n) is 5.92.